The van der Waals surface area contributed by atoms with Gasteiger partial charge in [0.1, 0.15) is 0 Å². The Hall–Kier alpha value is -0.980. The molecule has 0 fully saturated rings. The third-order valence-corrected chi connectivity index (χ3v) is 3.65. The van der Waals surface area contributed by atoms with Crippen molar-refractivity contribution in [3.63, 3.8) is 0 Å². The largest absolute Gasteiger partial charge is 0.327 e. The Morgan fingerprint density at radius 1 is 1.28 bits per heavy atom. The van der Waals surface area contributed by atoms with E-state index in [1.807, 2.05) is 13.8 Å². The minimum absolute atomic E-state index is 0.00660. The molecule has 0 radical (unpaired) electrons. The Morgan fingerprint density at radius 2 is 2.00 bits per heavy atom. The van der Waals surface area contributed by atoms with E-state index in [9.17, 15) is 8.78 Å². The van der Waals surface area contributed by atoms with Gasteiger partial charge in [0.05, 0.1) is 40.3 Å². The molecule has 1 heterocycles. The van der Waals surface area contributed by atoms with Crippen LogP contribution in [0.3, 0.4) is 0 Å². The van der Waals surface area contributed by atoms with E-state index in [4.69, 9.17) is 0 Å². The van der Waals surface area contributed by atoms with Gasteiger partial charge < -0.3 is 3.53 Å². The summed E-state index contributed by atoms with van der Waals surface area (Å²) in [5, 5.41) is 0. The molecule has 1 aromatic carbocycles. The highest BCUT2D eigenvalue weighted by Gasteiger charge is 2.22. The first-order valence-electron chi connectivity index (χ1n) is 5.59. The zero-order valence-electron chi connectivity index (χ0n) is 10.1. The van der Waals surface area contributed by atoms with Gasteiger partial charge in [-0.3, -0.25) is 4.99 Å². The molecule has 1 aliphatic heterocycles. The summed E-state index contributed by atoms with van der Waals surface area (Å²) in [4.78, 5) is 4.53. The summed E-state index contributed by atoms with van der Waals surface area (Å²) in [6, 6.07) is 4.01. The zero-order chi connectivity index (χ0) is 13.3. The van der Waals surface area contributed by atoms with E-state index in [0.717, 1.165) is 28.6 Å². The molecule has 0 aromatic heterocycles. The second kappa shape index (κ2) is 5.34. The SMILES string of the molecule is CC1=NC(Cc2ccc(F)c(F)c2)C(C)=C1NI. The van der Waals surface area contributed by atoms with Gasteiger partial charge in [0.2, 0.25) is 0 Å². The van der Waals surface area contributed by atoms with E-state index in [1.54, 1.807) is 6.07 Å². The Labute approximate surface area is 119 Å². The Morgan fingerprint density at radius 3 is 2.56 bits per heavy atom. The summed E-state index contributed by atoms with van der Waals surface area (Å²) in [7, 11) is 0. The van der Waals surface area contributed by atoms with Gasteiger partial charge in [-0.15, -0.1) is 0 Å². The maximum Gasteiger partial charge on any atom is 0.159 e. The van der Waals surface area contributed by atoms with Crippen molar-refractivity contribution in [2.24, 2.45) is 4.99 Å². The Kier molecular flexibility index (Phi) is 3.99. The number of hydrogen-bond acceptors (Lipinski definition) is 2. The molecule has 1 N–H and O–H groups in total. The normalized spacial score (nSPS) is 19.2. The van der Waals surface area contributed by atoms with Crippen LogP contribution in [0.15, 0.2) is 34.5 Å². The van der Waals surface area contributed by atoms with Crippen molar-refractivity contribution in [3.05, 3.63) is 46.7 Å². The Bertz CT molecular complexity index is 538. The predicted octanol–water partition coefficient (Wildman–Crippen LogP) is 3.56. The number of benzene rings is 1. The number of nitrogens with zero attached hydrogens (tertiary/aromatic N) is 1. The van der Waals surface area contributed by atoms with Crippen molar-refractivity contribution >= 4 is 28.6 Å². The summed E-state index contributed by atoms with van der Waals surface area (Å²) in [5.41, 5.74) is 3.87. The van der Waals surface area contributed by atoms with Crippen molar-refractivity contribution in [1.82, 2.24) is 3.53 Å². The highest BCUT2D eigenvalue weighted by atomic mass is 127. The quantitative estimate of drug-likeness (QED) is 0.645. The molecular formula is C13H13F2IN2. The second-order valence-electron chi connectivity index (χ2n) is 4.34. The van der Waals surface area contributed by atoms with E-state index >= 15 is 0 Å². The van der Waals surface area contributed by atoms with Gasteiger partial charge in [-0.05, 0) is 43.5 Å². The molecule has 1 aromatic rings. The number of hydrogen-bond donors (Lipinski definition) is 1. The summed E-state index contributed by atoms with van der Waals surface area (Å²) >= 11 is 2.07. The summed E-state index contributed by atoms with van der Waals surface area (Å²) in [5.74, 6) is -1.62. The van der Waals surface area contributed by atoms with Crippen LogP contribution in [0, 0.1) is 11.6 Å². The van der Waals surface area contributed by atoms with E-state index in [-0.39, 0.29) is 6.04 Å². The van der Waals surface area contributed by atoms with Gasteiger partial charge in [0.25, 0.3) is 0 Å². The first-order chi connectivity index (χ1) is 8.52. The molecule has 2 nitrogen and oxygen atoms in total. The molecule has 0 aliphatic carbocycles. The molecule has 0 saturated heterocycles. The zero-order valence-corrected chi connectivity index (χ0v) is 12.3. The molecule has 0 spiro atoms. The first-order valence-corrected chi connectivity index (χ1v) is 6.67. The lowest BCUT2D eigenvalue weighted by Crippen LogP contribution is -2.10. The van der Waals surface area contributed by atoms with Gasteiger partial charge in [-0.25, -0.2) is 8.78 Å². The number of rotatable bonds is 3. The Balaban J connectivity index is 2.21. The summed E-state index contributed by atoms with van der Waals surface area (Å²) in [6.45, 7) is 3.95. The minimum Gasteiger partial charge on any atom is -0.327 e. The number of aliphatic imine (C=N–C) groups is 1. The average molecular weight is 362 g/mol. The van der Waals surface area contributed by atoms with Crippen LogP contribution in [0.5, 0.6) is 0 Å². The molecule has 18 heavy (non-hydrogen) atoms. The van der Waals surface area contributed by atoms with Crippen molar-refractivity contribution in [2.45, 2.75) is 26.3 Å². The molecule has 0 amide bonds. The number of nitrogens with one attached hydrogen (secondary N) is 1. The minimum atomic E-state index is -0.813. The first kappa shape index (κ1) is 13.5. The lowest BCUT2D eigenvalue weighted by molar-refractivity contribution is 0.506. The van der Waals surface area contributed by atoms with Gasteiger partial charge in [-0.2, -0.15) is 0 Å². The molecule has 1 atom stereocenters. The third kappa shape index (κ3) is 2.55. The summed E-state index contributed by atoms with van der Waals surface area (Å²) < 4.78 is 29.1. The lowest BCUT2D eigenvalue weighted by Gasteiger charge is -2.10. The van der Waals surface area contributed by atoms with E-state index in [0.29, 0.717) is 6.42 Å². The maximum absolute atomic E-state index is 13.1. The highest BCUT2D eigenvalue weighted by Crippen LogP contribution is 2.24. The van der Waals surface area contributed by atoms with Crippen LogP contribution < -0.4 is 3.53 Å². The molecule has 1 aliphatic rings. The van der Waals surface area contributed by atoms with Gasteiger partial charge in [-0.1, -0.05) is 6.07 Å². The molecule has 0 bridgehead atoms. The standard InChI is InChI=1S/C13H13F2IN2/c1-7-12(17-8(2)13(7)18-16)6-9-3-4-10(14)11(15)5-9/h3-5,12,18H,6H2,1-2H3. The van der Waals surface area contributed by atoms with Gasteiger partial charge in [0, 0.05) is 0 Å². The van der Waals surface area contributed by atoms with Gasteiger partial charge in [0.15, 0.2) is 11.6 Å². The van der Waals surface area contributed by atoms with E-state index in [1.165, 1.54) is 6.07 Å². The van der Waals surface area contributed by atoms with E-state index in [2.05, 4.69) is 31.4 Å². The predicted molar refractivity (Wildman–Crippen MR) is 76.8 cm³/mol. The van der Waals surface area contributed by atoms with Crippen LogP contribution in [0.4, 0.5) is 8.78 Å². The molecule has 1 unspecified atom stereocenters. The smallest absolute Gasteiger partial charge is 0.159 e. The van der Waals surface area contributed by atoms with Crippen LogP contribution in [0.1, 0.15) is 19.4 Å². The monoisotopic (exact) mass is 362 g/mol. The van der Waals surface area contributed by atoms with Crippen molar-refractivity contribution in [2.75, 3.05) is 0 Å². The highest BCUT2D eigenvalue weighted by molar-refractivity contribution is 14.1. The fourth-order valence-electron chi connectivity index (χ4n) is 2.08. The van der Waals surface area contributed by atoms with Crippen LogP contribution in [-0.2, 0) is 6.42 Å². The van der Waals surface area contributed by atoms with Crippen LogP contribution in [0.25, 0.3) is 0 Å². The molecular weight excluding hydrogens is 349 g/mol. The lowest BCUT2D eigenvalue weighted by atomic mass is 10.0. The topological polar surface area (TPSA) is 24.4 Å². The maximum atomic E-state index is 13.1. The van der Waals surface area contributed by atoms with Crippen LogP contribution >= 0.6 is 22.9 Å². The van der Waals surface area contributed by atoms with E-state index < -0.39 is 11.6 Å². The molecule has 0 saturated carbocycles. The van der Waals surface area contributed by atoms with Crippen molar-refractivity contribution < 1.29 is 8.78 Å². The van der Waals surface area contributed by atoms with Crippen molar-refractivity contribution in [3.8, 4) is 0 Å². The fraction of sp³-hybridized carbons (Fsp3) is 0.308. The fourth-order valence-corrected chi connectivity index (χ4v) is 2.89. The second-order valence-corrected chi connectivity index (χ2v) is 4.87. The van der Waals surface area contributed by atoms with Crippen LogP contribution in [0.2, 0.25) is 0 Å². The molecule has 2 rings (SSSR count). The third-order valence-electron chi connectivity index (χ3n) is 3.11. The van der Waals surface area contributed by atoms with Crippen LogP contribution in [-0.4, -0.2) is 11.8 Å². The summed E-state index contributed by atoms with van der Waals surface area (Å²) in [6.07, 6.45) is 0.586. The van der Waals surface area contributed by atoms with Crippen molar-refractivity contribution in [1.29, 1.82) is 0 Å². The average Bonchev–Trinajstić information content (AvgIpc) is 2.59. The van der Waals surface area contributed by atoms with Gasteiger partial charge >= 0.3 is 0 Å². The number of allylic oxidation sites excluding steroid dienone is 1. The molecule has 96 valence electrons. The number of halogens is 3. The molecule has 5 heteroatoms.